The molecule has 1 nitrogen and oxygen atoms in total. The molecule has 1 N–H and O–H groups in total. The van der Waals surface area contributed by atoms with Gasteiger partial charge in [-0.05, 0) is 40.0 Å². The predicted octanol–water partition coefficient (Wildman–Crippen LogP) is 6.48. The van der Waals surface area contributed by atoms with Crippen LogP contribution in [0, 0.1) is 5.41 Å². The summed E-state index contributed by atoms with van der Waals surface area (Å²) in [6.07, 6.45) is 8.62. The SMILES string of the molecule is C=C/C=C(\S)C1(/C(C=N)=C/C=C)c2ccccc2-c2ccc(Br)cc21. The van der Waals surface area contributed by atoms with E-state index >= 15 is 0 Å². The van der Waals surface area contributed by atoms with Gasteiger partial charge in [0, 0.05) is 15.6 Å². The molecule has 0 aliphatic heterocycles. The standard InChI is InChI=1S/C22H18BrNS/c1-3-7-15(14-24)22(21(25)8-4-2)19-10-6-5-9-17(19)18-12-11-16(23)13-20(18)22/h3-14,24-25H,1-2H2/b15-7+,21-8-,24-14?. The van der Waals surface area contributed by atoms with Gasteiger partial charge in [0.05, 0.1) is 5.41 Å². The van der Waals surface area contributed by atoms with Crippen molar-refractivity contribution in [2.45, 2.75) is 5.41 Å². The lowest BCUT2D eigenvalue weighted by Gasteiger charge is -2.34. The Kier molecular flexibility index (Phi) is 4.98. The second-order valence-electron chi connectivity index (χ2n) is 5.78. The van der Waals surface area contributed by atoms with Crippen molar-refractivity contribution in [3.63, 3.8) is 0 Å². The number of thiol groups is 1. The number of hydrogen-bond acceptors (Lipinski definition) is 2. The number of nitrogens with one attached hydrogen (secondary N) is 1. The van der Waals surface area contributed by atoms with Crippen molar-refractivity contribution in [2.24, 2.45) is 0 Å². The van der Waals surface area contributed by atoms with Crippen LogP contribution in [0.4, 0.5) is 0 Å². The quantitative estimate of drug-likeness (QED) is 0.322. The molecule has 0 saturated heterocycles. The highest BCUT2D eigenvalue weighted by atomic mass is 79.9. The Morgan fingerprint density at radius 3 is 2.36 bits per heavy atom. The highest BCUT2D eigenvalue weighted by Gasteiger charge is 2.47. The zero-order valence-electron chi connectivity index (χ0n) is 13.7. The van der Waals surface area contributed by atoms with Crippen LogP contribution in [0.1, 0.15) is 11.1 Å². The Hall–Kier alpha value is -2.10. The molecule has 1 aliphatic carbocycles. The van der Waals surface area contributed by atoms with E-state index in [1.54, 1.807) is 12.2 Å². The number of halogens is 1. The summed E-state index contributed by atoms with van der Waals surface area (Å²) >= 11 is 8.45. The second kappa shape index (κ2) is 7.03. The Morgan fingerprint density at radius 1 is 1.00 bits per heavy atom. The molecule has 0 amide bonds. The minimum absolute atomic E-state index is 0.650. The summed E-state index contributed by atoms with van der Waals surface area (Å²) in [4.78, 5) is 0.823. The van der Waals surface area contributed by atoms with E-state index in [4.69, 9.17) is 18.0 Å². The van der Waals surface area contributed by atoms with Crippen LogP contribution in [0.2, 0.25) is 0 Å². The van der Waals surface area contributed by atoms with E-state index in [1.165, 1.54) is 6.21 Å². The molecule has 3 heteroatoms. The summed E-state index contributed by atoms with van der Waals surface area (Å²) in [6.45, 7) is 7.66. The summed E-state index contributed by atoms with van der Waals surface area (Å²) in [5.41, 5.74) is 4.69. The van der Waals surface area contributed by atoms with E-state index < -0.39 is 5.41 Å². The van der Waals surface area contributed by atoms with Crippen LogP contribution in [0.15, 0.2) is 94.9 Å². The van der Waals surface area contributed by atoms with Gasteiger partial charge in [0.2, 0.25) is 0 Å². The Balaban J connectivity index is 2.54. The Morgan fingerprint density at radius 2 is 1.68 bits per heavy atom. The van der Waals surface area contributed by atoms with E-state index in [2.05, 4.69) is 53.4 Å². The fourth-order valence-electron chi connectivity index (χ4n) is 3.63. The number of allylic oxidation sites excluding steroid dienone is 6. The van der Waals surface area contributed by atoms with E-state index in [1.807, 2.05) is 30.4 Å². The normalized spacial score (nSPS) is 19.1. The van der Waals surface area contributed by atoms with E-state index in [9.17, 15) is 0 Å². The average molecular weight is 408 g/mol. The Labute approximate surface area is 162 Å². The molecule has 0 bridgehead atoms. The summed E-state index contributed by atoms with van der Waals surface area (Å²) in [6, 6.07) is 14.6. The zero-order valence-corrected chi connectivity index (χ0v) is 16.1. The number of rotatable bonds is 5. The third kappa shape index (κ3) is 2.59. The minimum atomic E-state index is -0.650. The van der Waals surface area contributed by atoms with Crippen LogP contribution in [-0.4, -0.2) is 6.21 Å². The predicted molar refractivity (Wildman–Crippen MR) is 115 cm³/mol. The van der Waals surface area contributed by atoms with Gasteiger partial charge in [-0.3, -0.25) is 0 Å². The van der Waals surface area contributed by atoms with Gasteiger partial charge in [-0.25, -0.2) is 0 Å². The van der Waals surface area contributed by atoms with Crippen LogP contribution < -0.4 is 0 Å². The smallest absolute Gasteiger partial charge is 0.0784 e. The molecule has 0 aromatic heterocycles. The van der Waals surface area contributed by atoms with Crippen molar-refractivity contribution < 1.29 is 0 Å². The Bertz CT molecular complexity index is 939. The molecule has 0 saturated carbocycles. The lowest BCUT2D eigenvalue weighted by molar-refractivity contribution is 0.803. The summed E-state index contributed by atoms with van der Waals surface area (Å²) < 4.78 is 0.992. The number of hydrogen-bond donors (Lipinski definition) is 2. The summed E-state index contributed by atoms with van der Waals surface area (Å²) in [7, 11) is 0. The number of fused-ring (bicyclic) bond motifs is 3. The molecule has 0 spiro atoms. The topological polar surface area (TPSA) is 23.9 Å². The van der Waals surface area contributed by atoms with Crippen molar-refractivity contribution in [1.82, 2.24) is 0 Å². The van der Waals surface area contributed by atoms with Gasteiger partial charge < -0.3 is 5.41 Å². The molecular formula is C22H18BrNS. The maximum atomic E-state index is 8.08. The molecule has 124 valence electrons. The van der Waals surface area contributed by atoms with Crippen molar-refractivity contribution in [3.05, 3.63) is 106 Å². The molecule has 0 heterocycles. The number of benzene rings is 2. The van der Waals surface area contributed by atoms with Crippen LogP contribution in [0.5, 0.6) is 0 Å². The lowest BCUT2D eigenvalue weighted by atomic mass is 9.71. The largest absolute Gasteiger partial charge is 0.308 e. The van der Waals surface area contributed by atoms with E-state index in [0.29, 0.717) is 0 Å². The van der Waals surface area contributed by atoms with E-state index in [-0.39, 0.29) is 0 Å². The molecule has 25 heavy (non-hydrogen) atoms. The molecule has 1 aliphatic rings. The zero-order chi connectivity index (χ0) is 18.0. The molecule has 2 aromatic carbocycles. The fourth-order valence-corrected chi connectivity index (χ4v) is 4.47. The molecule has 1 unspecified atom stereocenters. The van der Waals surface area contributed by atoms with Crippen molar-refractivity contribution in [2.75, 3.05) is 0 Å². The summed E-state index contributed by atoms with van der Waals surface area (Å²) in [5, 5.41) is 8.08. The minimum Gasteiger partial charge on any atom is -0.308 e. The van der Waals surface area contributed by atoms with Gasteiger partial charge in [0.1, 0.15) is 0 Å². The van der Waals surface area contributed by atoms with Crippen LogP contribution in [-0.2, 0) is 5.41 Å². The fraction of sp³-hybridized carbons (Fsp3) is 0.0455. The molecule has 3 rings (SSSR count). The first-order valence-corrected chi connectivity index (χ1v) is 9.11. The van der Waals surface area contributed by atoms with Gasteiger partial charge in [-0.1, -0.05) is 83.7 Å². The van der Waals surface area contributed by atoms with Gasteiger partial charge in [-0.2, -0.15) is 0 Å². The van der Waals surface area contributed by atoms with E-state index in [0.717, 1.165) is 37.2 Å². The first kappa shape index (κ1) is 17.7. The highest BCUT2D eigenvalue weighted by Crippen LogP contribution is 2.57. The lowest BCUT2D eigenvalue weighted by Crippen LogP contribution is -2.29. The first-order valence-electron chi connectivity index (χ1n) is 7.87. The van der Waals surface area contributed by atoms with Crippen LogP contribution >= 0.6 is 28.6 Å². The molecule has 1 atom stereocenters. The van der Waals surface area contributed by atoms with Gasteiger partial charge in [0.25, 0.3) is 0 Å². The van der Waals surface area contributed by atoms with Crippen molar-refractivity contribution in [3.8, 4) is 11.1 Å². The third-order valence-corrected chi connectivity index (χ3v) is 5.53. The van der Waals surface area contributed by atoms with Gasteiger partial charge in [-0.15, -0.1) is 12.6 Å². The monoisotopic (exact) mass is 407 g/mol. The third-order valence-electron chi connectivity index (χ3n) is 4.55. The summed E-state index contributed by atoms with van der Waals surface area (Å²) in [5.74, 6) is 0. The van der Waals surface area contributed by atoms with Crippen LogP contribution in [0.25, 0.3) is 11.1 Å². The molecule has 2 aromatic rings. The molecule has 0 fully saturated rings. The maximum absolute atomic E-state index is 8.08. The highest BCUT2D eigenvalue weighted by molar-refractivity contribution is 9.10. The molecular weight excluding hydrogens is 390 g/mol. The second-order valence-corrected chi connectivity index (χ2v) is 7.17. The molecule has 0 radical (unpaired) electrons. The van der Waals surface area contributed by atoms with Crippen molar-refractivity contribution >= 4 is 34.8 Å². The maximum Gasteiger partial charge on any atom is 0.0784 e. The van der Waals surface area contributed by atoms with Crippen LogP contribution in [0.3, 0.4) is 0 Å². The average Bonchev–Trinajstić information content (AvgIpc) is 2.90. The van der Waals surface area contributed by atoms with Crippen molar-refractivity contribution in [1.29, 1.82) is 5.41 Å². The van der Waals surface area contributed by atoms with Gasteiger partial charge >= 0.3 is 0 Å². The first-order chi connectivity index (χ1) is 12.1. The van der Waals surface area contributed by atoms with Gasteiger partial charge in [0.15, 0.2) is 0 Å².